The average molecular weight is 257 g/mol. The molecule has 0 amide bonds. The van der Waals surface area contributed by atoms with Crippen LogP contribution in [-0.4, -0.2) is 24.8 Å². The van der Waals surface area contributed by atoms with Crippen LogP contribution in [0.15, 0.2) is 0 Å². The van der Waals surface area contributed by atoms with Gasteiger partial charge in [-0.3, -0.25) is 0 Å². The van der Waals surface area contributed by atoms with Gasteiger partial charge in [0.2, 0.25) is 0 Å². The number of hydrogen-bond acceptors (Lipinski definition) is 2. The molecule has 0 aliphatic carbocycles. The van der Waals surface area contributed by atoms with E-state index in [1.54, 1.807) is 0 Å². The van der Waals surface area contributed by atoms with Crippen molar-refractivity contribution in [2.24, 2.45) is 11.8 Å². The molecule has 2 nitrogen and oxygen atoms in total. The molecule has 1 atom stereocenters. The second kappa shape index (κ2) is 7.49. The summed E-state index contributed by atoms with van der Waals surface area (Å²) in [6.45, 7) is 16.8. The molecule has 0 spiro atoms. The zero-order valence-corrected chi connectivity index (χ0v) is 13.9. The number of rotatable bonds is 8. The second-order valence-electron chi connectivity index (χ2n) is 7.63. The normalized spacial score (nSPS) is 15.2. The Morgan fingerprint density at radius 1 is 1.06 bits per heavy atom. The molecule has 0 fully saturated rings. The smallest absolute Gasteiger partial charge is 0.0622 e. The van der Waals surface area contributed by atoms with E-state index >= 15 is 0 Å². The maximum Gasteiger partial charge on any atom is 0.0622 e. The van der Waals surface area contributed by atoms with Gasteiger partial charge in [-0.25, -0.2) is 0 Å². The average Bonchev–Trinajstić information content (AvgIpc) is 2.20. The molecule has 1 unspecified atom stereocenters. The van der Waals surface area contributed by atoms with Crippen molar-refractivity contribution in [1.29, 1.82) is 0 Å². The summed E-state index contributed by atoms with van der Waals surface area (Å²) in [5.41, 5.74) is 0.225. The van der Waals surface area contributed by atoms with E-state index in [4.69, 9.17) is 4.74 Å². The van der Waals surface area contributed by atoms with Gasteiger partial charge in [0.1, 0.15) is 0 Å². The molecule has 0 aromatic rings. The van der Waals surface area contributed by atoms with E-state index in [1.807, 2.05) is 7.11 Å². The van der Waals surface area contributed by atoms with Gasteiger partial charge in [0.05, 0.1) is 5.60 Å². The van der Waals surface area contributed by atoms with Crippen molar-refractivity contribution in [3.8, 4) is 0 Å². The molecule has 0 rings (SSSR count). The summed E-state index contributed by atoms with van der Waals surface area (Å²) in [7, 11) is 1.81. The van der Waals surface area contributed by atoms with Crippen LogP contribution in [0.2, 0.25) is 0 Å². The van der Waals surface area contributed by atoms with Gasteiger partial charge in [-0.05, 0) is 72.3 Å². The van der Waals surface area contributed by atoms with Gasteiger partial charge < -0.3 is 10.1 Å². The van der Waals surface area contributed by atoms with Crippen molar-refractivity contribution in [3.63, 3.8) is 0 Å². The monoisotopic (exact) mass is 257 g/mol. The second-order valence-corrected chi connectivity index (χ2v) is 7.63. The molecule has 0 bridgehead atoms. The molecular formula is C16H35NO. The molecule has 2 heteroatoms. The van der Waals surface area contributed by atoms with Crippen LogP contribution < -0.4 is 5.32 Å². The standard InChI is InChI=1S/C16H35NO/c1-13(2)11-14(12-17-15(3,4)5)9-10-16(6,7)18-8/h13-14,17H,9-12H2,1-8H3. The summed E-state index contributed by atoms with van der Waals surface area (Å²) < 4.78 is 5.52. The predicted octanol–water partition coefficient (Wildman–Crippen LogP) is 4.24. The lowest BCUT2D eigenvalue weighted by Crippen LogP contribution is -2.39. The SMILES string of the molecule is COC(C)(C)CCC(CNC(C)(C)C)CC(C)C. The molecule has 1 N–H and O–H groups in total. The highest BCUT2D eigenvalue weighted by Gasteiger charge is 2.21. The van der Waals surface area contributed by atoms with E-state index in [0.29, 0.717) is 0 Å². The molecule has 0 saturated carbocycles. The van der Waals surface area contributed by atoms with Crippen molar-refractivity contribution in [2.45, 2.75) is 78.9 Å². The molecule has 110 valence electrons. The molecule has 0 radical (unpaired) electrons. The van der Waals surface area contributed by atoms with Gasteiger partial charge in [-0.2, -0.15) is 0 Å². The minimum Gasteiger partial charge on any atom is -0.379 e. The largest absolute Gasteiger partial charge is 0.379 e. The summed E-state index contributed by atoms with van der Waals surface area (Å²) in [4.78, 5) is 0. The molecular weight excluding hydrogens is 222 g/mol. The van der Waals surface area contributed by atoms with Gasteiger partial charge in [0, 0.05) is 12.6 Å². The molecule has 0 heterocycles. The molecule has 0 aromatic carbocycles. The number of methoxy groups -OCH3 is 1. The summed E-state index contributed by atoms with van der Waals surface area (Å²) >= 11 is 0. The number of nitrogens with one attached hydrogen (secondary N) is 1. The fraction of sp³-hybridized carbons (Fsp3) is 1.00. The highest BCUT2D eigenvalue weighted by atomic mass is 16.5. The molecule has 0 aliphatic rings. The minimum absolute atomic E-state index is 0.0109. The van der Waals surface area contributed by atoms with Crippen molar-refractivity contribution in [3.05, 3.63) is 0 Å². The van der Waals surface area contributed by atoms with E-state index < -0.39 is 0 Å². The van der Waals surface area contributed by atoms with Crippen LogP contribution in [0.1, 0.15) is 67.7 Å². The van der Waals surface area contributed by atoms with E-state index in [0.717, 1.165) is 24.8 Å². The lowest BCUT2D eigenvalue weighted by molar-refractivity contribution is 0.00952. The number of ether oxygens (including phenoxy) is 1. The van der Waals surface area contributed by atoms with Crippen LogP contribution >= 0.6 is 0 Å². The van der Waals surface area contributed by atoms with Gasteiger partial charge in [-0.1, -0.05) is 13.8 Å². The Labute approximate surface area is 115 Å². The number of hydrogen-bond donors (Lipinski definition) is 1. The van der Waals surface area contributed by atoms with Gasteiger partial charge in [-0.15, -0.1) is 0 Å². The van der Waals surface area contributed by atoms with Gasteiger partial charge in [0.25, 0.3) is 0 Å². The topological polar surface area (TPSA) is 21.3 Å². The van der Waals surface area contributed by atoms with E-state index in [-0.39, 0.29) is 11.1 Å². The predicted molar refractivity (Wildman–Crippen MR) is 81.0 cm³/mol. The summed E-state index contributed by atoms with van der Waals surface area (Å²) in [6, 6.07) is 0. The van der Waals surface area contributed by atoms with E-state index in [9.17, 15) is 0 Å². The van der Waals surface area contributed by atoms with Gasteiger partial charge >= 0.3 is 0 Å². The lowest BCUT2D eigenvalue weighted by atomic mass is 9.88. The summed E-state index contributed by atoms with van der Waals surface area (Å²) in [5, 5.41) is 3.64. The Morgan fingerprint density at radius 2 is 1.61 bits per heavy atom. The Hall–Kier alpha value is -0.0800. The third-order valence-electron chi connectivity index (χ3n) is 3.43. The van der Waals surface area contributed by atoms with Crippen LogP contribution in [0.3, 0.4) is 0 Å². The zero-order chi connectivity index (χ0) is 14.4. The molecule has 18 heavy (non-hydrogen) atoms. The van der Waals surface area contributed by atoms with Crippen molar-refractivity contribution in [1.82, 2.24) is 5.32 Å². The van der Waals surface area contributed by atoms with Crippen LogP contribution in [0, 0.1) is 11.8 Å². The fourth-order valence-electron chi connectivity index (χ4n) is 2.07. The van der Waals surface area contributed by atoms with E-state index in [2.05, 4.69) is 53.8 Å². The highest BCUT2D eigenvalue weighted by Crippen LogP contribution is 2.23. The molecule has 0 aromatic heterocycles. The van der Waals surface area contributed by atoms with Crippen LogP contribution in [0.5, 0.6) is 0 Å². The van der Waals surface area contributed by atoms with Gasteiger partial charge in [0.15, 0.2) is 0 Å². The Morgan fingerprint density at radius 3 is 2.00 bits per heavy atom. The Kier molecular flexibility index (Phi) is 7.46. The zero-order valence-electron chi connectivity index (χ0n) is 13.9. The first kappa shape index (κ1) is 17.9. The van der Waals surface area contributed by atoms with Crippen LogP contribution in [0.25, 0.3) is 0 Å². The van der Waals surface area contributed by atoms with Crippen molar-refractivity contribution in [2.75, 3.05) is 13.7 Å². The first-order chi connectivity index (χ1) is 8.06. The third kappa shape index (κ3) is 9.90. The van der Waals surface area contributed by atoms with Crippen LogP contribution in [0.4, 0.5) is 0 Å². The molecule has 0 aliphatic heterocycles. The summed E-state index contributed by atoms with van der Waals surface area (Å²) in [5.74, 6) is 1.51. The Bertz CT molecular complexity index is 216. The maximum atomic E-state index is 5.52. The van der Waals surface area contributed by atoms with Crippen LogP contribution in [-0.2, 0) is 4.74 Å². The lowest BCUT2D eigenvalue weighted by Gasteiger charge is -2.29. The first-order valence-corrected chi connectivity index (χ1v) is 7.36. The molecule has 0 saturated heterocycles. The van der Waals surface area contributed by atoms with Crippen molar-refractivity contribution < 1.29 is 4.74 Å². The fourth-order valence-corrected chi connectivity index (χ4v) is 2.07. The Balaban J connectivity index is 4.23. The highest BCUT2D eigenvalue weighted by molar-refractivity contribution is 4.77. The maximum absolute atomic E-state index is 5.52. The first-order valence-electron chi connectivity index (χ1n) is 7.36. The minimum atomic E-state index is 0.0109. The van der Waals surface area contributed by atoms with E-state index in [1.165, 1.54) is 12.8 Å². The quantitative estimate of drug-likeness (QED) is 0.702. The summed E-state index contributed by atoms with van der Waals surface area (Å²) in [6.07, 6.45) is 3.66. The van der Waals surface area contributed by atoms with Crippen molar-refractivity contribution >= 4 is 0 Å². The third-order valence-corrected chi connectivity index (χ3v) is 3.43.